The second-order valence-electron chi connectivity index (χ2n) is 18.4. The van der Waals surface area contributed by atoms with Gasteiger partial charge in [0.25, 0.3) is 0 Å². The van der Waals surface area contributed by atoms with E-state index < -0.39 is 46.8 Å². The van der Waals surface area contributed by atoms with Crippen LogP contribution in [0.25, 0.3) is 0 Å². The van der Waals surface area contributed by atoms with Crippen LogP contribution in [0, 0.1) is 50.2 Å². The van der Waals surface area contributed by atoms with Crippen LogP contribution in [0.3, 0.4) is 0 Å². The van der Waals surface area contributed by atoms with E-state index in [2.05, 4.69) is 47.6 Å². The van der Waals surface area contributed by atoms with Crippen molar-refractivity contribution in [3.8, 4) is 0 Å². The highest BCUT2D eigenvalue weighted by molar-refractivity contribution is 5.77. The molecule has 10 heteroatoms. The first-order chi connectivity index (χ1) is 23.2. The smallest absolute Gasteiger partial charge is 0.310 e. The van der Waals surface area contributed by atoms with E-state index in [1.54, 1.807) is 0 Å². The van der Waals surface area contributed by atoms with Crippen LogP contribution in [0.5, 0.6) is 0 Å². The lowest BCUT2D eigenvalue weighted by molar-refractivity contribution is -0.227. The molecular formula is C40H60O10. The zero-order valence-corrected chi connectivity index (χ0v) is 31.1. The fraction of sp³-hybridized carbons (Fsp3) is 0.825. The molecule has 3 unspecified atom stereocenters. The Morgan fingerprint density at radius 1 is 0.740 bits per heavy atom. The predicted octanol–water partition coefficient (Wildman–Crippen LogP) is 7.82. The highest BCUT2D eigenvalue weighted by Crippen LogP contribution is 2.76. The van der Waals surface area contributed by atoms with Gasteiger partial charge in [0.05, 0.1) is 5.41 Å². The highest BCUT2D eigenvalue weighted by atomic mass is 16.6. The van der Waals surface area contributed by atoms with Gasteiger partial charge in [0.2, 0.25) is 0 Å². The molecule has 10 nitrogen and oxygen atoms in total. The van der Waals surface area contributed by atoms with Crippen molar-refractivity contribution in [1.82, 2.24) is 0 Å². The third-order valence-electron chi connectivity index (χ3n) is 15.2. The molecule has 0 amide bonds. The summed E-state index contributed by atoms with van der Waals surface area (Å²) in [7, 11) is 0. The Morgan fingerprint density at radius 3 is 1.98 bits per heavy atom. The molecule has 0 aromatic heterocycles. The average molecular weight is 701 g/mol. The maximum atomic E-state index is 13.0. The van der Waals surface area contributed by atoms with Gasteiger partial charge in [-0.3, -0.25) is 24.0 Å². The zero-order valence-electron chi connectivity index (χ0n) is 31.1. The van der Waals surface area contributed by atoms with E-state index in [-0.39, 0.29) is 84.5 Å². The van der Waals surface area contributed by atoms with Gasteiger partial charge in [-0.05, 0) is 116 Å². The molecule has 0 aliphatic heterocycles. The van der Waals surface area contributed by atoms with E-state index in [9.17, 15) is 29.1 Å². The molecule has 50 heavy (non-hydrogen) atoms. The molecule has 5 aliphatic carbocycles. The van der Waals surface area contributed by atoms with Gasteiger partial charge >= 0.3 is 29.8 Å². The number of rotatable bonds is 12. The molecule has 5 aliphatic rings. The van der Waals surface area contributed by atoms with E-state index in [0.29, 0.717) is 12.8 Å². The van der Waals surface area contributed by atoms with Crippen molar-refractivity contribution in [2.75, 3.05) is 6.61 Å². The van der Waals surface area contributed by atoms with E-state index >= 15 is 0 Å². The van der Waals surface area contributed by atoms with Gasteiger partial charge in [0.1, 0.15) is 12.7 Å². The number of carboxylic acids is 3. The maximum absolute atomic E-state index is 13.0. The van der Waals surface area contributed by atoms with Crippen LogP contribution < -0.4 is 0 Å². The van der Waals surface area contributed by atoms with Crippen LogP contribution in [0.4, 0.5) is 0 Å². The lowest BCUT2D eigenvalue weighted by Gasteiger charge is -2.71. The number of hydrogen-bond donors (Lipinski definition) is 3. The first-order valence-electron chi connectivity index (χ1n) is 19.0. The summed E-state index contributed by atoms with van der Waals surface area (Å²) in [5, 5.41) is 28.8. The Labute approximate surface area is 297 Å². The van der Waals surface area contributed by atoms with Crippen molar-refractivity contribution < 1.29 is 48.8 Å². The minimum absolute atomic E-state index is 0.00177. The molecule has 0 radical (unpaired) electrons. The van der Waals surface area contributed by atoms with Gasteiger partial charge in [-0.25, -0.2) is 0 Å². The summed E-state index contributed by atoms with van der Waals surface area (Å²) in [5.41, 5.74) is -0.373. The number of fused-ring (bicyclic) bond motifs is 7. The number of hydrogen-bond acceptors (Lipinski definition) is 7. The minimum atomic E-state index is -0.967. The molecule has 280 valence electrons. The Hall–Kier alpha value is -2.91. The molecule has 3 N–H and O–H groups in total. The van der Waals surface area contributed by atoms with Crippen molar-refractivity contribution in [2.24, 2.45) is 50.2 Å². The summed E-state index contributed by atoms with van der Waals surface area (Å²) in [6, 6.07) is 0. The summed E-state index contributed by atoms with van der Waals surface area (Å²) in [5.74, 6) is -3.13. The SMILES string of the molecule is CC1(C)CC[C@]2(C(=O)O)CC[C@]3(C)C(=CCC4[C@@]5(C)CC[C@H](OC(=O)CCCC(=O)O)[C@@](C)(COC(=O)CCCC(=O)O)C5CC[C@]43C)C2C1. The van der Waals surface area contributed by atoms with E-state index in [4.69, 9.17) is 19.7 Å². The van der Waals surface area contributed by atoms with Crippen LogP contribution in [0.2, 0.25) is 0 Å². The molecule has 0 aromatic rings. The normalized spacial score (nSPS) is 40.1. The number of carbonyl (C=O) groups is 5. The van der Waals surface area contributed by atoms with Crippen molar-refractivity contribution >= 4 is 29.8 Å². The van der Waals surface area contributed by atoms with Gasteiger partial charge in [0.15, 0.2) is 0 Å². The molecule has 4 fully saturated rings. The van der Waals surface area contributed by atoms with E-state index in [1.165, 1.54) is 5.57 Å². The molecule has 0 heterocycles. The standard InChI is InChI=1S/C40H60O10/c1-35(2)19-21-40(34(47)48)22-20-38(5)25(26(40)23-35)13-14-28-36(3)17-16-29(50-33(46)12-8-10-31(43)44)37(4,27(36)15-18-39(28,38)6)24-49-32(45)11-7-9-30(41)42/h13,26-29H,7-12,14-24H2,1-6H3,(H,41,42)(H,43,44)(H,47,48)/t26?,27?,28?,29-,36-,37-,38+,39+,40-/m0/s1. The molecule has 4 saturated carbocycles. The van der Waals surface area contributed by atoms with Crippen LogP contribution in [-0.4, -0.2) is 57.9 Å². The number of esters is 2. The third kappa shape index (κ3) is 6.50. The van der Waals surface area contributed by atoms with Crippen molar-refractivity contribution in [1.29, 1.82) is 0 Å². The topological polar surface area (TPSA) is 164 Å². The largest absolute Gasteiger partial charge is 0.481 e. The summed E-state index contributed by atoms with van der Waals surface area (Å²) >= 11 is 0. The zero-order chi connectivity index (χ0) is 36.9. The van der Waals surface area contributed by atoms with Gasteiger partial charge in [-0.15, -0.1) is 0 Å². The quantitative estimate of drug-likeness (QED) is 0.135. The number of allylic oxidation sites excluding steroid dienone is 2. The van der Waals surface area contributed by atoms with Gasteiger partial charge in [0, 0.05) is 31.1 Å². The van der Waals surface area contributed by atoms with Crippen LogP contribution in [0.1, 0.15) is 144 Å². The molecule has 0 saturated heterocycles. The molecule has 9 atom stereocenters. The minimum Gasteiger partial charge on any atom is -0.481 e. The van der Waals surface area contributed by atoms with Gasteiger partial charge in [-0.1, -0.05) is 53.2 Å². The van der Waals surface area contributed by atoms with Crippen molar-refractivity contribution in [3.05, 3.63) is 11.6 Å². The maximum Gasteiger partial charge on any atom is 0.310 e. The number of carbonyl (C=O) groups excluding carboxylic acids is 2. The number of aliphatic carboxylic acids is 3. The van der Waals surface area contributed by atoms with Gasteiger partial charge in [-0.2, -0.15) is 0 Å². The number of ether oxygens (including phenoxy) is 2. The molecule has 0 aromatic carbocycles. The molecular weight excluding hydrogens is 640 g/mol. The summed E-state index contributed by atoms with van der Waals surface area (Å²) in [6.45, 7) is 13.9. The Kier molecular flexibility index (Phi) is 10.4. The van der Waals surface area contributed by atoms with E-state index in [1.807, 2.05) is 0 Å². The fourth-order valence-electron chi connectivity index (χ4n) is 12.1. The monoisotopic (exact) mass is 700 g/mol. The van der Waals surface area contributed by atoms with Gasteiger partial charge < -0.3 is 24.8 Å². The molecule has 0 bridgehead atoms. The Morgan fingerprint density at radius 2 is 1.36 bits per heavy atom. The highest BCUT2D eigenvalue weighted by Gasteiger charge is 2.70. The summed E-state index contributed by atoms with van der Waals surface area (Å²) < 4.78 is 12.0. The first kappa shape index (κ1) is 38.3. The van der Waals surface area contributed by atoms with Crippen molar-refractivity contribution in [2.45, 2.75) is 150 Å². The van der Waals surface area contributed by atoms with E-state index in [0.717, 1.165) is 51.4 Å². The second kappa shape index (κ2) is 13.6. The lowest BCUT2D eigenvalue weighted by atomic mass is 9.33. The second-order valence-corrected chi connectivity index (χ2v) is 18.4. The summed E-state index contributed by atoms with van der Waals surface area (Å²) in [4.78, 5) is 61.0. The predicted molar refractivity (Wildman–Crippen MR) is 185 cm³/mol. The van der Waals surface area contributed by atoms with Crippen LogP contribution >= 0.6 is 0 Å². The first-order valence-corrected chi connectivity index (χ1v) is 19.0. The van der Waals surface area contributed by atoms with Crippen LogP contribution in [0.15, 0.2) is 11.6 Å². The molecule has 5 rings (SSSR count). The fourth-order valence-corrected chi connectivity index (χ4v) is 12.1. The summed E-state index contributed by atoms with van der Waals surface area (Å²) in [6.07, 6.45) is 10.1. The Balaban J connectivity index is 1.46. The average Bonchev–Trinajstić information content (AvgIpc) is 3.01. The third-order valence-corrected chi connectivity index (χ3v) is 15.2. The van der Waals surface area contributed by atoms with Crippen LogP contribution in [-0.2, 0) is 33.4 Å². The lowest BCUT2D eigenvalue weighted by Crippen LogP contribution is -2.66. The number of carboxylic acid groups (broad SMARTS) is 3. The van der Waals surface area contributed by atoms with Crippen molar-refractivity contribution in [3.63, 3.8) is 0 Å². The molecule has 0 spiro atoms. The Bertz CT molecular complexity index is 1420.